The first-order chi connectivity index (χ1) is 12.5. The van der Waals surface area contributed by atoms with Gasteiger partial charge in [-0.2, -0.15) is 0 Å². The van der Waals surface area contributed by atoms with Gasteiger partial charge in [0.1, 0.15) is 5.84 Å². The summed E-state index contributed by atoms with van der Waals surface area (Å²) in [6.45, 7) is 0.335. The molecule has 2 aromatic rings. The summed E-state index contributed by atoms with van der Waals surface area (Å²) in [5, 5.41) is 3.75. The first kappa shape index (κ1) is 16.8. The van der Waals surface area contributed by atoms with Crippen molar-refractivity contribution in [3.05, 3.63) is 64.7 Å². The van der Waals surface area contributed by atoms with Crippen LogP contribution in [0.4, 0.5) is 10.1 Å². The Balaban J connectivity index is 1.55. The van der Waals surface area contributed by atoms with Crippen molar-refractivity contribution < 1.29 is 9.18 Å². The third-order valence-corrected chi connectivity index (χ3v) is 5.17. The van der Waals surface area contributed by atoms with E-state index in [0.717, 1.165) is 11.3 Å². The largest absolute Gasteiger partial charge is 0.383 e. The molecular weight excluding hydrogens is 355 g/mol. The predicted octanol–water partition coefficient (Wildman–Crippen LogP) is 3.05. The van der Waals surface area contributed by atoms with Gasteiger partial charge in [-0.05, 0) is 36.4 Å². The molecule has 2 aromatic carbocycles. The van der Waals surface area contributed by atoms with Crippen molar-refractivity contribution >= 4 is 29.0 Å². The average Bonchev–Trinajstić information content (AvgIpc) is 2.64. The van der Waals surface area contributed by atoms with Crippen molar-refractivity contribution in [2.45, 2.75) is 18.3 Å². The van der Waals surface area contributed by atoms with Crippen LogP contribution in [0.15, 0.2) is 53.5 Å². The number of nitrogens with one attached hydrogen (secondary N) is 1. The lowest BCUT2D eigenvalue weighted by atomic mass is 9.91. The Morgan fingerprint density at radius 3 is 2.73 bits per heavy atom. The number of anilines is 1. The van der Waals surface area contributed by atoms with Gasteiger partial charge in [0, 0.05) is 34.8 Å². The number of piperidine rings is 1. The third-order valence-electron chi connectivity index (χ3n) is 4.91. The SMILES string of the molecule is NC1=N[C@]2(CCN(C(=O)c3ccc(Cl)cc3)C[C@@H]2F)Nc2ccccc21. The van der Waals surface area contributed by atoms with E-state index in [1.165, 1.54) is 4.90 Å². The quantitative estimate of drug-likeness (QED) is 0.808. The highest BCUT2D eigenvalue weighted by molar-refractivity contribution is 6.30. The van der Waals surface area contributed by atoms with Crippen LogP contribution < -0.4 is 11.1 Å². The zero-order valence-corrected chi connectivity index (χ0v) is 14.7. The minimum Gasteiger partial charge on any atom is -0.383 e. The van der Waals surface area contributed by atoms with E-state index in [0.29, 0.717) is 29.4 Å². The zero-order chi connectivity index (χ0) is 18.3. The van der Waals surface area contributed by atoms with Gasteiger partial charge in [0.15, 0.2) is 11.8 Å². The second-order valence-corrected chi connectivity index (χ2v) is 7.00. The van der Waals surface area contributed by atoms with Crippen molar-refractivity contribution in [3.63, 3.8) is 0 Å². The number of fused-ring (bicyclic) bond motifs is 1. The summed E-state index contributed by atoms with van der Waals surface area (Å²) in [6, 6.07) is 14.0. The minimum absolute atomic E-state index is 0.0482. The molecule has 26 heavy (non-hydrogen) atoms. The normalized spacial score (nSPS) is 24.6. The maximum absolute atomic E-state index is 15.1. The van der Waals surface area contributed by atoms with Crippen molar-refractivity contribution in [1.82, 2.24) is 4.90 Å². The van der Waals surface area contributed by atoms with Crippen molar-refractivity contribution in [2.24, 2.45) is 10.7 Å². The number of para-hydroxylation sites is 1. The number of nitrogens with zero attached hydrogens (tertiary/aromatic N) is 2. The molecule has 2 aliphatic heterocycles. The third kappa shape index (κ3) is 2.80. The van der Waals surface area contributed by atoms with Crippen LogP contribution in [0.5, 0.6) is 0 Å². The van der Waals surface area contributed by atoms with Gasteiger partial charge in [0.05, 0.1) is 6.54 Å². The molecule has 4 rings (SSSR count). The highest BCUT2D eigenvalue weighted by atomic mass is 35.5. The molecule has 0 bridgehead atoms. The van der Waals surface area contributed by atoms with Crippen LogP contribution in [0.1, 0.15) is 22.3 Å². The standard InChI is InChI=1S/C19H18ClFN4O/c20-13-7-5-12(6-8-13)18(26)25-10-9-19(16(21)11-25)23-15-4-2-1-3-14(15)17(22)24-19/h1-8,16,23H,9-11H2,(H2,22,24)/t16-,19-/m0/s1. The fourth-order valence-corrected chi connectivity index (χ4v) is 3.60. The average molecular weight is 373 g/mol. The molecule has 2 heterocycles. The Hall–Kier alpha value is -2.60. The van der Waals surface area contributed by atoms with Gasteiger partial charge in [0.25, 0.3) is 5.91 Å². The molecule has 0 saturated carbocycles. The molecule has 0 unspecified atom stereocenters. The maximum atomic E-state index is 15.1. The highest BCUT2D eigenvalue weighted by Crippen LogP contribution is 2.36. The first-order valence-electron chi connectivity index (χ1n) is 8.40. The number of likely N-dealkylation sites (tertiary alicyclic amines) is 1. The number of carbonyl (C=O) groups is 1. The summed E-state index contributed by atoms with van der Waals surface area (Å²) in [7, 11) is 0. The summed E-state index contributed by atoms with van der Waals surface area (Å²) >= 11 is 5.86. The van der Waals surface area contributed by atoms with Gasteiger partial charge < -0.3 is 16.0 Å². The smallest absolute Gasteiger partial charge is 0.253 e. The molecule has 2 atom stereocenters. The second-order valence-electron chi connectivity index (χ2n) is 6.57. The summed E-state index contributed by atoms with van der Waals surface area (Å²) < 4.78 is 15.1. The van der Waals surface area contributed by atoms with Crippen molar-refractivity contribution in [1.29, 1.82) is 0 Å². The lowest BCUT2D eigenvalue weighted by Crippen LogP contribution is -2.59. The van der Waals surface area contributed by atoms with E-state index >= 15 is 4.39 Å². The van der Waals surface area contributed by atoms with Gasteiger partial charge in [0.2, 0.25) is 0 Å². The van der Waals surface area contributed by atoms with Gasteiger partial charge in [-0.25, -0.2) is 9.38 Å². The molecule has 1 spiro atoms. The summed E-state index contributed by atoms with van der Waals surface area (Å²) in [4.78, 5) is 18.6. The number of hydrogen-bond donors (Lipinski definition) is 2. The second kappa shape index (κ2) is 6.29. The van der Waals surface area contributed by atoms with E-state index in [2.05, 4.69) is 10.3 Å². The molecule has 0 aromatic heterocycles. The fraction of sp³-hybridized carbons (Fsp3) is 0.263. The summed E-state index contributed by atoms with van der Waals surface area (Å²) in [5.74, 6) is 0.104. The van der Waals surface area contributed by atoms with Crippen LogP contribution in [-0.2, 0) is 0 Å². The van der Waals surface area contributed by atoms with E-state index in [1.807, 2.05) is 24.3 Å². The van der Waals surface area contributed by atoms with Crippen LogP contribution in [0.2, 0.25) is 5.02 Å². The Labute approximate surface area is 155 Å². The molecule has 1 fully saturated rings. The fourth-order valence-electron chi connectivity index (χ4n) is 3.48. The highest BCUT2D eigenvalue weighted by Gasteiger charge is 2.47. The Morgan fingerprint density at radius 2 is 2.00 bits per heavy atom. The van der Waals surface area contributed by atoms with E-state index in [4.69, 9.17) is 17.3 Å². The molecule has 1 amide bonds. The van der Waals surface area contributed by atoms with Gasteiger partial charge in [-0.3, -0.25) is 4.79 Å². The number of amides is 1. The number of carbonyl (C=O) groups excluding carboxylic acids is 1. The Kier molecular flexibility index (Phi) is 4.07. The van der Waals surface area contributed by atoms with E-state index in [9.17, 15) is 4.79 Å². The Bertz CT molecular complexity index is 885. The molecule has 134 valence electrons. The van der Waals surface area contributed by atoms with E-state index < -0.39 is 11.8 Å². The lowest BCUT2D eigenvalue weighted by Gasteiger charge is -2.44. The lowest BCUT2D eigenvalue weighted by molar-refractivity contribution is 0.0494. The predicted molar refractivity (Wildman–Crippen MR) is 100 cm³/mol. The van der Waals surface area contributed by atoms with Gasteiger partial charge >= 0.3 is 0 Å². The number of rotatable bonds is 1. The van der Waals surface area contributed by atoms with Crippen LogP contribution in [0.3, 0.4) is 0 Å². The van der Waals surface area contributed by atoms with Gasteiger partial charge in [-0.1, -0.05) is 23.7 Å². The topological polar surface area (TPSA) is 70.7 Å². The molecular formula is C19H18ClFN4O. The molecule has 0 radical (unpaired) electrons. The number of amidine groups is 1. The van der Waals surface area contributed by atoms with E-state index in [-0.39, 0.29) is 12.5 Å². The minimum atomic E-state index is -1.38. The van der Waals surface area contributed by atoms with Crippen molar-refractivity contribution in [3.8, 4) is 0 Å². The van der Waals surface area contributed by atoms with Crippen LogP contribution >= 0.6 is 11.6 Å². The number of alkyl halides is 1. The number of nitrogens with two attached hydrogens (primary N) is 1. The molecule has 1 saturated heterocycles. The number of benzene rings is 2. The monoisotopic (exact) mass is 372 g/mol. The summed E-state index contributed by atoms with van der Waals surface area (Å²) in [5.41, 5.74) is 6.96. The van der Waals surface area contributed by atoms with Crippen molar-refractivity contribution in [2.75, 3.05) is 18.4 Å². The van der Waals surface area contributed by atoms with Crippen LogP contribution in [-0.4, -0.2) is 41.6 Å². The zero-order valence-electron chi connectivity index (χ0n) is 14.0. The number of hydrogen-bond acceptors (Lipinski definition) is 4. The first-order valence-corrected chi connectivity index (χ1v) is 8.78. The molecule has 0 aliphatic carbocycles. The summed E-state index contributed by atoms with van der Waals surface area (Å²) in [6.07, 6.45) is -1.04. The number of halogens is 2. The van der Waals surface area contributed by atoms with E-state index in [1.54, 1.807) is 24.3 Å². The molecule has 2 aliphatic rings. The molecule has 3 N–H and O–H groups in total. The van der Waals surface area contributed by atoms with Crippen LogP contribution in [0.25, 0.3) is 0 Å². The molecule has 7 heteroatoms. The Morgan fingerprint density at radius 1 is 1.27 bits per heavy atom. The van der Waals surface area contributed by atoms with Gasteiger partial charge in [-0.15, -0.1) is 0 Å². The molecule has 5 nitrogen and oxygen atoms in total. The maximum Gasteiger partial charge on any atom is 0.253 e. The number of aliphatic imine (C=N–C) groups is 1. The van der Waals surface area contributed by atoms with Crippen LogP contribution in [0, 0.1) is 0 Å².